The largest absolute Gasteiger partial charge is 0.444 e. The van der Waals surface area contributed by atoms with Crippen LogP contribution in [0.2, 0.25) is 0 Å². The molecule has 2 aliphatic heterocycles. The third-order valence-electron chi connectivity index (χ3n) is 9.70. The number of hydrogen-bond acceptors (Lipinski definition) is 8. The van der Waals surface area contributed by atoms with Crippen LogP contribution in [0.15, 0.2) is 66.7 Å². The van der Waals surface area contributed by atoms with Gasteiger partial charge in [0.2, 0.25) is 21.8 Å². The van der Waals surface area contributed by atoms with Gasteiger partial charge in [0.25, 0.3) is 5.91 Å². The zero-order valence-electron chi connectivity index (χ0n) is 28.9. The fourth-order valence-corrected chi connectivity index (χ4v) is 8.06. The SMILES string of the molecule is CC(C)(C)OC(=O)N[C@H]1CCCCC/C=C/[C@@H]2C[C@@]2(C(=O)NS(=O)(=O)C2CC2)NC(=O)[C@@H]2CN(c3ccc(-c4ccccc4)cc3)CN2C1=O. The highest BCUT2D eigenvalue weighted by molar-refractivity contribution is 7.91. The lowest BCUT2D eigenvalue weighted by molar-refractivity contribution is -0.141. The predicted octanol–water partition coefficient (Wildman–Crippen LogP) is 4.23. The van der Waals surface area contributed by atoms with Gasteiger partial charge in [0.15, 0.2) is 0 Å². The number of alkyl carbamates (subject to hydrolysis) is 1. The van der Waals surface area contributed by atoms with Crippen LogP contribution in [0, 0.1) is 5.92 Å². The molecule has 268 valence electrons. The monoisotopic (exact) mass is 705 g/mol. The number of sulfonamides is 1. The van der Waals surface area contributed by atoms with Gasteiger partial charge in [-0.1, -0.05) is 67.5 Å². The molecule has 0 radical (unpaired) electrons. The van der Waals surface area contributed by atoms with E-state index in [2.05, 4.69) is 15.4 Å². The number of carbonyl (C=O) groups excluding carboxylic acids is 4. The number of allylic oxidation sites excluding steroid dienone is 1. The number of ether oxygens (including phenoxy) is 1. The summed E-state index contributed by atoms with van der Waals surface area (Å²) < 4.78 is 33.3. The van der Waals surface area contributed by atoms with Gasteiger partial charge in [0, 0.05) is 18.2 Å². The van der Waals surface area contributed by atoms with Crippen LogP contribution in [0.25, 0.3) is 11.1 Å². The van der Waals surface area contributed by atoms with Crippen molar-refractivity contribution in [3.8, 4) is 11.1 Å². The first kappa shape index (κ1) is 35.4. The fourth-order valence-electron chi connectivity index (χ4n) is 6.70. The summed E-state index contributed by atoms with van der Waals surface area (Å²) in [6, 6.07) is 15.8. The van der Waals surface area contributed by atoms with E-state index in [1.807, 2.05) is 71.6 Å². The van der Waals surface area contributed by atoms with E-state index in [4.69, 9.17) is 4.74 Å². The van der Waals surface area contributed by atoms with Crippen molar-refractivity contribution in [3.05, 3.63) is 66.7 Å². The summed E-state index contributed by atoms with van der Waals surface area (Å²) in [6.45, 7) is 5.42. The summed E-state index contributed by atoms with van der Waals surface area (Å²) in [5, 5.41) is 5.06. The number of rotatable bonds is 6. The second-order valence-corrected chi connectivity index (χ2v) is 16.8. The Kier molecular flexibility index (Phi) is 9.98. The predicted molar refractivity (Wildman–Crippen MR) is 189 cm³/mol. The number of benzene rings is 2. The average molecular weight is 706 g/mol. The maximum absolute atomic E-state index is 14.4. The number of carbonyl (C=O) groups is 4. The van der Waals surface area contributed by atoms with Crippen molar-refractivity contribution >= 4 is 39.5 Å². The minimum absolute atomic E-state index is 0.0622. The molecule has 4 amide bonds. The Morgan fingerprint density at radius 3 is 2.32 bits per heavy atom. The van der Waals surface area contributed by atoms with Gasteiger partial charge in [-0.3, -0.25) is 19.1 Å². The summed E-state index contributed by atoms with van der Waals surface area (Å²) in [5.74, 6) is -2.15. The van der Waals surface area contributed by atoms with Crippen molar-refractivity contribution in [1.82, 2.24) is 20.3 Å². The summed E-state index contributed by atoms with van der Waals surface area (Å²) in [5.41, 5.74) is 0.628. The van der Waals surface area contributed by atoms with Gasteiger partial charge in [-0.05, 0) is 82.6 Å². The lowest BCUT2D eigenvalue weighted by atomic mass is 10.0. The first-order chi connectivity index (χ1) is 23.8. The number of nitrogens with one attached hydrogen (secondary N) is 3. The molecule has 1 saturated heterocycles. The number of anilines is 1. The summed E-state index contributed by atoms with van der Waals surface area (Å²) in [7, 11) is -3.86. The van der Waals surface area contributed by atoms with E-state index >= 15 is 0 Å². The molecule has 6 rings (SSSR count). The molecule has 50 heavy (non-hydrogen) atoms. The Morgan fingerprint density at radius 2 is 1.64 bits per heavy atom. The van der Waals surface area contributed by atoms with Gasteiger partial charge in [-0.2, -0.15) is 0 Å². The van der Waals surface area contributed by atoms with Crippen molar-refractivity contribution in [3.63, 3.8) is 0 Å². The van der Waals surface area contributed by atoms with E-state index < -0.39 is 62.3 Å². The van der Waals surface area contributed by atoms with Crippen LogP contribution in [0.5, 0.6) is 0 Å². The Morgan fingerprint density at radius 1 is 0.940 bits per heavy atom. The molecule has 2 aromatic rings. The Labute approximate surface area is 294 Å². The van der Waals surface area contributed by atoms with Gasteiger partial charge in [-0.25, -0.2) is 13.2 Å². The first-order valence-electron chi connectivity index (χ1n) is 17.5. The summed E-state index contributed by atoms with van der Waals surface area (Å²) in [6.07, 6.45) is 7.69. The van der Waals surface area contributed by atoms with Gasteiger partial charge in [0.05, 0.1) is 11.9 Å². The molecule has 0 aromatic heterocycles. The molecule has 2 saturated carbocycles. The van der Waals surface area contributed by atoms with Crippen LogP contribution in [0.3, 0.4) is 0 Å². The molecular formula is C37H47N5O7S. The van der Waals surface area contributed by atoms with Gasteiger partial charge in [0.1, 0.15) is 23.2 Å². The summed E-state index contributed by atoms with van der Waals surface area (Å²) >= 11 is 0. The third kappa shape index (κ3) is 8.14. The van der Waals surface area contributed by atoms with Crippen LogP contribution in [-0.2, 0) is 29.1 Å². The third-order valence-corrected chi connectivity index (χ3v) is 11.5. The molecule has 12 nitrogen and oxygen atoms in total. The molecule has 2 aromatic carbocycles. The minimum atomic E-state index is -3.86. The van der Waals surface area contributed by atoms with Crippen molar-refractivity contribution < 1.29 is 32.3 Å². The molecule has 0 spiro atoms. The quantitative estimate of drug-likeness (QED) is 0.378. The molecule has 4 aliphatic rings. The van der Waals surface area contributed by atoms with Crippen molar-refractivity contribution in [2.75, 3.05) is 18.1 Å². The van der Waals surface area contributed by atoms with E-state index in [1.54, 1.807) is 20.8 Å². The number of fused-ring (bicyclic) bond motifs is 2. The highest BCUT2D eigenvalue weighted by atomic mass is 32.2. The van der Waals surface area contributed by atoms with E-state index in [0.29, 0.717) is 32.1 Å². The molecule has 3 fully saturated rings. The highest BCUT2D eigenvalue weighted by Crippen LogP contribution is 2.46. The van der Waals surface area contributed by atoms with Gasteiger partial charge < -0.3 is 25.2 Å². The van der Waals surface area contributed by atoms with E-state index in [-0.39, 0.29) is 25.6 Å². The number of hydrogen-bond donors (Lipinski definition) is 3. The molecule has 0 bridgehead atoms. The normalized spacial score (nSPS) is 26.7. The Balaban J connectivity index is 1.30. The van der Waals surface area contributed by atoms with Crippen LogP contribution >= 0.6 is 0 Å². The molecule has 3 N–H and O–H groups in total. The molecule has 2 heterocycles. The van der Waals surface area contributed by atoms with Crippen molar-refractivity contribution in [2.45, 2.75) is 101 Å². The van der Waals surface area contributed by atoms with Crippen LogP contribution < -0.4 is 20.3 Å². The summed E-state index contributed by atoms with van der Waals surface area (Å²) in [4.78, 5) is 58.6. The molecule has 4 atom stereocenters. The Bertz CT molecular complexity index is 1740. The number of amides is 4. The van der Waals surface area contributed by atoms with Crippen LogP contribution in [-0.4, -0.2) is 78.8 Å². The fraction of sp³-hybridized carbons (Fsp3) is 0.514. The smallest absolute Gasteiger partial charge is 0.408 e. The zero-order valence-corrected chi connectivity index (χ0v) is 29.7. The van der Waals surface area contributed by atoms with Crippen molar-refractivity contribution in [1.29, 1.82) is 0 Å². The van der Waals surface area contributed by atoms with E-state index in [9.17, 15) is 27.6 Å². The van der Waals surface area contributed by atoms with E-state index in [1.165, 1.54) is 4.90 Å². The highest BCUT2D eigenvalue weighted by Gasteiger charge is 2.62. The van der Waals surface area contributed by atoms with Crippen LogP contribution in [0.1, 0.15) is 72.1 Å². The molecular weight excluding hydrogens is 659 g/mol. The molecule has 13 heteroatoms. The minimum Gasteiger partial charge on any atom is -0.444 e. The standard InChI is InChI=1S/C37H47N5O7S/c1-36(2,3)49-35(46)38-30-15-11-6-4-5-10-14-27-22-37(27,34(45)40-50(47,48)29-20-21-29)39-32(43)31-23-41(24-42(31)33(30)44)28-18-16-26(17-19-28)25-12-8-7-9-13-25/h7-10,12-14,16-19,27,29-31H,4-6,11,15,20-24H2,1-3H3,(H,38,46)(H,39,43)(H,40,45)/b14-10+/t27-,30+,31+,37-/m1/s1. The van der Waals surface area contributed by atoms with Gasteiger partial charge in [-0.15, -0.1) is 0 Å². The zero-order chi connectivity index (χ0) is 35.7. The second-order valence-electron chi connectivity index (χ2n) is 14.8. The molecule has 0 unspecified atom stereocenters. The van der Waals surface area contributed by atoms with E-state index in [0.717, 1.165) is 29.7 Å². The maximum Gasteiger partial charge on any atom is 0.408 e. The molecule has 2 aliphatic carbocycles. The first-order valence-corrected chi connectivity index (χ1v) is 19.1. The van der Waals surface area contributed by atoms with Crippen LogP contribution in [0.4, 0.5) is 10.5 Å². The number of nitrogens with zero attached hydrogens (tertiary/aromatic N) is 2. The Hall–Kier alpha value is -4.39. The second kappa shape index (κ2) is 14.1. The van der Waals surface area contributed by atoms with Gasteiger partial charge >= 0.3 is 6.09 Å². The lowest BCUT2D eigenvalue weighted by Crippen LogP contribution is -2.59. The average Bonchev–Trinajstić information content (AvgIpc) is 3.99. The maximum atomic E-state index is 14.4. The lowest BCUT2D eigenvalue weighted by Gasteiger charge is -2.30. The topological polar surface area (TPSA) is 154 Å². The van der Waals surface area contributed by atoms with Crippen molar-refractivity contribution in [2.24, 2.45) is 5.92 Å².